The molecule has 0 spiro atoms. The Kier molecular flexibility index (Phi) is 4.15. The zero-order valence-corrected chi connectivity index (χ0v) is 12.2. The van der Waals surface area contributed by atoms with Crippen molar-refractivity contribution < 1.29 is 4.79 Å². The Bertz CT molecular complexity index is 672. The Morgan fingerprint density at radius 2 is 2.00 bits per heavy atom. The minimum atomic E-state index is 0.166. The summed E-state index contributed by atoms with van der Waals surface area (Å²) >= 11 is 0. The second kappa shape index (κ2) is 6.39. The molecule has 2 aromatic rings. The summed E-state index contributed by atoms with van der Waals surface area (Å²) in [5.41, 5.74) is 1.72. The van der Waals surface area contributed by atoms with Crippen LogP contribution in [-0.4, -0.2) is 38.9 Å². The molecule has 6 nitrogen and oxygen atoms in total. The molecule has 0 bridgehead atoms. The number of carbonyl (C=O) groups excluding carboxylic acids is 1. The predicted octanol–water partition coefficient (Wildman–Crippen LogP) is 1.56. The molecular formula is C16H17N5O. The molecule has 112 valence electrons. The number of hydrogen-bond acceptors (Lipinski definition) is 4. The smallest absolute Gasteiger partial charge is 0.222 e. The molecule has 0 unspecified atom stereocenters. The molecule has 1 atom stereocenters. The third-order valence-electron chi connectivity index (χ3n) is 3.99. The molecule has 22 heavy (non-hydrogen) atoms. The molecule has 1 amide bonds. The molecule has 1 aromatic heterocycles. The number of aromatic nitrogens is 3. The Balaban J connectivity index is 1.51. The lowest BCUT2D eigenvalue weighted by atomic mass is 10.1. The summed E-state index contributed by atoms with van der Waals surface area (Å²) in [6, 6.07) is 9.67. The maximum absolute atomic E-state index is 12.3. The first-order chi connectivity index (χ1) is 10.8. The molecule has 1 aromatic carbocycles. The summed E-state index contributed by atoms with van der Waals surface area (Å²) in [4.78, 5) is 15.9. The third-order valence-corrected chi connectivity index (χ3v) is 3.99. The Morgan fingerprint density at radius 3 is 2.68 bits per heavy atom. The monoisotopic (exact) mass is 295 g/mol. The average Bonchev–Trinajstić information content (AvgIpc) is 3.23. The first-order valence-corrected chi connectivity index (χ1v) is 7.39. The molecule has 3 rings (SSSR count). The second-order valence-corrected chi connectivity index (χ2v) is 5.44. The largest absolute Gasteiger partial charge is 0.340 e. The quantitative estimate of drug-likeness (QED) is 0.857. The van der Waals surface area contributed by atoms with Gasteiger partial charge in [0.2, 0.25) is 5.91 Å². The number of rotatable bonds is 4. The van der Waals surface area contributed by atoms with Crippen LogP contribution in [0.4, 0.5) is 0 Å². The van der Waals surface area contributed by atoms with Crippen LogP contribution < -0.4 is 0 Å². The Labute approximate surface area is 129 Å². The summed E-state index contributed by atoms with van der Waals surface area (Å²) in [6.45, 7) is 1.44. The maximum Gasteiger partial charge on any atom is 0.222 e. The highest BCUT2D eigenvalue weighted by Crippen LogP contribution is 2.20. The predicted molar refractivity (Wildman–Crippen MR) is 79.7 cm³/mol. The van der Waals surface area contributed by atoms with Gasteiger partial charge in [-0.1, -0.05) is 12.1 Å². The molecular weight excluding hydrogens is 278 g/mol. The molecule has 1 fully saturated rings. The highest BCUT2D eigenvalue weighted by Gasteiger charge is 2.27. The van der Waals surface area contributed by atoms with Crippen molar-refractivity contribution in [1.82, 2.24) is 19.9 Å². The van der Waals surface area contributed by atoms with Crippen LogP contribution in [0.2, 0.25) is 0 Å². The van der Waals surface area contributed by atoms with Crippen LogP contribution in [0.15, 0.2) is 36.7 Å². The van der Waals surface area contributed by atoms with E-state index in [1.54, 1.807) is 29.3 Å². The molecule has 0 saturated carbocycles. The Hall–Kier alpha value is -2.68. The lowest BCUT2D eigenvalue weighted by molar-refractivity contribution is -0.130. The van der Waals surface area contributed by atoms with E-state index in [9.17, 15) is 4.79 Å². The van der Waals surface area contributed by atoms with E-state index in [2.05, 4.69) is 16.3 Å². The summed E-state index contributed by atoms with van der Waals surface area (Å²) in [5.74, 6) is 0.166. The number of aryl methyl sites for hydroxylation is 1. The number of carbonyl (C=O) groups is 1. The van der Waals surface area contributed by atoms with E-state index in [0.717, 1.165) is 18.5 Å². The van der Waals surface area contributed by atoms with E-state index in [0.29, 0.717) is 24.9 Å². The maximum atomic E-state index is 12.3. The highest BCUT2D eigenvalue weighted by molar-refractivity contribution is 5.76. The van der Waals surface area contributed by atoms with Crippen molar-refractivity contribution in [3.8, 4) is 6.07 Å². The van der Waals surface area contributed by atoms with Crippen molar-refractivity contribution in [1.29, 1.82) is 5.26 Å². The van der Waals surface area contributed by atoms with Gasteiger partial charge in [-0.15, -0.1) is 0 Å². The molecule has 0 radical (unpaired) electrons. The van der Waals surface area contributed by atoms with Crippen molar-refractivity contribution in [2.45, 2.75) is 25.3 Å². The fourth-order valence-electron chi connectivity index (χ4n) is 2.73. The lowest BCUT2D eigenvalue weighted by Gasteiger charge is -2.16. The Morgan fingerprint density at radius 1 is 1.27 bits per heavy atom. The zero-order chi connectivity index (χ0) is 15.4. The molecule has 6 heteroatoms. The number of amides is 1. The van der Waals surface area contributed by atoms with Crippen LogP contribution >= 0.6 is 0 Å². The number of nitriles is 1. The molecule has 1 aliphatic rings. The molecule has 1 saturated heterocycles. The number of hydrogen-bond donors (Lipinski definition) is 0. The van der Waals surface area contributed by atoms with Gasteiger partial charge in [0.1, 0.15) is 0 Å². The summed E-state index contributed by atoms with van der Waals surface area (Å²) in [7, 11) is 0. The minimum Gasteiger partial charge on any atom is -0.340 e. The van der Waals surface area contributed by atoms with Gasteiger partial charge in [-0.2, -0.15) is 20.3 Å². The van der Waals surface area contributed by atoms with Crippen molar-refractivity contribution in [3.05, 3.63) is 47.8 Å². The molecule has 0 N–H and O–H groups in total. The number of benzene rings is 1. The van der Waals surface area contributed by atoms with Gasteiger partial charge in [-0.05, 0) is 30.5 Å². The van der Waals surface area contributed by atoms with Gasteiger partial charge in [0.25, 0.3) is 0 Å². The number of likely N-dealkylation sites (tertiary alicyclic amines) is 1. The van der Waals surface area contributed by atoms with E-state index < -0.39 is 0 Å². The van der Waals surface area contributed by atoms with E-state index in [1.807, 2.05) is 17.0 Å². The minimum absolute atomic E-state index is 0.166. The second-order valence-electron chi connectivity index (χ2n) is 5.44. The van der Waals surface area contributed by atoms with Gasteiger partial charge in [-0.3, -0.25) is 4.79 Å². The fourth-order valence-corrected chi connectivity index (χ4v) is 2.73. The summed E-state index contributed by atoms with van der Waals surface area (Å²) < 4.78 is 0. The first kappa shape index (κ1) is 14.3. The van der Waals surface area contributed by atoms with Gasteiger partial charge < -0.3 is 4.90 Å². The van der Waals surface area contributed by atoms with Crippen LogP contribution in [0.25, 0.3) is 0 Å². The third kappa shape index (κ3) is 3.14. The van der Waals surface area contributed by atoms with Crippen LogP contribution in [0.5, 0.6) is 0 Å². The normalized spacial score (nSPS) is 17.4. The standard InChI is InChI=1S/C16H17N5O/c17-11-14-3-1-13(2-4-14)5-6-16(22)20-10-7-15(12-20)21-18-8-9-19-21/h1-4,8-9,15H,5-7,10,12H2/t15-/m1/s1. The summed E-state index contributed by atoms with van der Waals surface area (Å²) in [6.07, 6.45) is 5.42. The topological polar surface area (TPSA) is 74.8 Å². The number of nitrogens with zero attached hydrogens (tertiary/aromatic N) is 5. The van der Waals surface area contributed by atoms with E-state index in [-0.39, 0.29) is 11.9 Å². The lowest BCUT2D eigenvalue weighted by Crippen LogP contribution is -2.29. The van der Waals surface area contributed by atoms with Gasteiger partial charge in [0.05, 0.1) is 30.1 Å². The van der Waals surface area contributed by atoms with Crippen molar-refractivity contribution >= 4 is 5.91 Å². The van der Waals surface area contributed by atoms with Crippen molar-refractivity contribution in [2.75, 3.05) is 13.1 Å². The zero-order valence-electron chi connectivity index (χ0n) is 12.2. The van der Waals surface area contributed by atoms with Crippen molar-refractivity contribution in [2.24, 2.45) is 0 Å². The first-order valence-electron chi connectivity index (χ1n) is 7.39. The SMILES string of the molecule is N#Cc1ccc(CCC(=O)N2CC[C@@H](n3nccn3)C2)cc1. The van der Waals surface area contributed by atoms with Crippen LogP contribution in [0.3, 0.4) is 0 Å². The van der Waals surface area contributed by atoms with Gasteiger partial charge in [0, 0.05) is 19.5 Å². The van der Waals surface area contributed by atoms with Gasteiger partial charge >= 0.3 is 0 Å². The van der Waals surface area contributed by atoms with E-state index >= 15 is 0 Å². The van der Waals surface area contributed by atoms with Gasteiger partial charge in [-0.25, -0.2) is 0 Å². The van der Waals surface area contributed by atoms with Crippen LogP contribution in [0, 0.1) is 11.3 Å². The fraction of sp³-hybridized carbons (Fsp3) is 0.375. The molecule has 0 aliphatic carbocycles. The summed E-state index contributed by atoms with van der Waals surface area (Å²) in [5, 5.41) is 17.1. The molecule has 2 heterocycles. The van der Waals surface area contributed by atoms with E-state index in [4.69, 9.17) is 5.26 Å². The molecule has 1 aliphatic heterocycles. The van der Waals surface area contributed by atoms with Crippen LogP contribution in [-0.2, 0) is 11.2 Å². The average molecular weight is 295 g/mol. The van der Waals surface area contributed by atoms with Gasteiger partial charge in [0.15, 0.2) is 0 Å². The van der Waals surface area contributed by atoms with Crippen molar-refractivity contribution in [3.63, 3.8) is 0 Å². The highest BCUT2D eigenvalue weighted by atomic mass is 16.2. The van der Waals surface area contributed by atoms with E-state index in [1.165, 1.54) is 0 Å². The van der Waals surface area contributed by atoms with Crippen LogP contribution in [0.1, 0.15) is 30.0 Å².